The molecule has 2 atom stereocenters. The van der Waals surface area contributed by atoms with Gasteiger partial charge in [-0.25, -0.2) is 0 Å². The Bertz CT molecular complexity index is 407. The summed E-state index contributed by atoms with van der Waals surface area (Å²) in [5, 5.41) is 29.1. The Morgan fingerprint density at radius 3 is 2.59 bits per heavy atom. The van der Waals surface area contributed by atoms with Gasteiger partial charge in [-0.1, -0.05) is 0 Å². The summed E-state index contributed by atoms with van der Waals surface area (Å²) in [5.74, 6) is -0.272. The summed E-state index contributed by atoms with van der Waals surface area (Å²) in [7, 11) is 1.34. The zero-order chi connectivity index (χ0) is 13.0. The zero-order valence-corrected chi connectivity index (χ0v) is 9.33. The number of hydrogen-bond acceptors (Lipinski definition) is 6. The van der Waals surface area contributed by atoms with Gasteiger partial charge in [0.1, 0.15) is 6.10 Å². The zero-order valence-electron chi connectivity index (χ0n) is 9.33. The van der Waals surface area contributed by atoms with Gasteiger partial charge >= 0.3 is 0 Å². The van der Waals surface area contributed by atoms with Crippen molar-refractivity contribution in [2.45, 2.75) is 12.2 Å². The largest absolute Gasteiger partial charge is 0.504 e. The summed E-state index contributed by atoms with van der Waals surface area (Å²) >= 11 is 0. The van der Waals surface area contributed by atoms with Crippen LogP contribution in [-0.4, -0.2) is 41.4 Å². The fourth-order valence-corrected chi connectivity index (χ4v) is 1.50. The summed E-state index contributed by atoms with van der Waals surface area (Å²) in [6.45, 7) is -0.198. The lowest BCUT2D eigenvalue weighted by Crippen LogP contribution is -2.28. The van der Waals surface area contributed by atoms with Crippen molar-refractivity contribution < 1.29 is 24.9 Å². The maximum absolute atomic E-state index is 10.8. The molecule has 0 bridgehead atoms. The molecule has 1 rings (SSSR count). The van der Waals surface area contributed by atoms with E-state index in [0.29, 0.717) is 6.29 Å². The minimum absolute atomic E-state index is 0.0725. The van der Waals surface area contributed by atoms with Gasteiger partial charge in [-0.15, -0.1) is 0 Å². The molecule has 0 fully saturated rings. The van der Waals surface area contributed by atoms with Gasteiger partial charge < -0.3 is 25.8 Å². The summed E-state index contributed by atoms with van der Waals surface area (Å²) < 4.78 is 4.86. The molecule has 6 heteroatoms. The van der Waals surface area contributed by atoms with Gasteiger partial charge in [-0.05, 0) is 12.1 Å². The van der Waals surface area contributed by atoms with Crippen molar-refractivity contribution in [3.8, 4) is 11.5 Å². The Hall–Kier alpha value is -1.63. The third-order valence-corrected chi connectivity index (χ3v) is 2.46. The minimum Gasteiger partial charge on any atom is -0.504 e. The standard InChI is InChI=1S/C11H15NO5/c1-17-8-3-2-6(5-13)9(11(8)16)10(15)7(14)4-12/h2-3,5,7,10,14-16H,4,12H2,1H3. The molecule has 2 unspecified atom stereocenters. The topological polar surface area (TPSA) is 113 Å². The number of benzene rings is 1. The molecule has 17 heavy (non-hydrogen) atoms. The molecule has 94 valence electrons. The van der Waals surface area contributed by atoms with E-state index in [4.69, 9.17) is 10.5 Å². The Labute approximate surface area is 98.3 Å². The predicted octanol–water partition coefficient (Wildman–Crippen LogP) is -0.434. The first-order valence-electron chi connectivity index (χ1n) is 4.98. The second-order valence-corrected chi connectivity index (χ2v) is 3.49. The number of methoxy groups -OCH3 is 1. The van der Waals surface area contributed by atoms with Crippen molar-refractivity contribution in [2.75, 3.05) is 13.7 Å². The van der Waals surface area contributed by atoms with Crippen LogP contribution in [0.3, 0.4) is 0 Å². The smallest absolute Gasteiger partial charge is 0.164 e. The number of ether oxygens (including phenoxy) is 1. The van der Waals surface area contributed by atoms with Gasteiger partial charge in [0.15, 0.2) is 17.8 Å². The number of phenols is 1. The van der Waals surface area contributed by atoms with E-state index in [-0.39, 0.29) is 29.2 Å². The van der Waals surface area contributed by atoms with Gasteiger partial charge in [0.2, 0.25) is 0 Å². The highest BCUT2D eigenvalue weighted by Gasteiger charge is 2.25. The fourth-order valence-electron chi connectivity index (χ4n) is 1.50. The van der Waals surface area contributed by atoms with Crippen LogP contribution in [0.15, 0.2) is 12.1 Å². The summed E-state index contributed by atoms with van der Waals surface area (Å²) in [4.78, 5) is 10.8. The van der Waals surface area contributed by atoms with E-state index >= 15 is 0 Å². The molecule has 5 N–H and O–H groups in total. The Balaban J connectivity index is 3.32. The molecule has 0 aliphatic rings. The molecule has 0 aliphatic heterocycles. The van der Waals surface area contributed by atoms with Crippen LogP contribution in [0.1, 0.15) is 22.0 Å². The van der Waals surface area contributed by atoms with E-state index in [9.17, 15) is 20.1 Å². The number of nitrogens with two attached hydrogens (primary N) is 1. The molecule has 6 nitrogen and oxygen atoms in total. The van der Waals surface area contributed by atoms with Gasteiger partial charge in [0, 0.05) is 17.7 Å². The number of carbonyl (C=O) groups excluding carboxylic acids is 1. The monoisotopic (exact) mass is 241 g/mol. The fraction of sp³-hybridized carbons (Fsp3) is 0.364. The first-order valence-corrected chi connectivity index (χ1v) is 4.98. The van der Waals surface area contributed by atoms with Crippen molar-refractivity contribution in [3.63, 3.8) is 0 Å². The summed E-state index contributed by atoms with van der Waals surface area (Å²) in [6, 6.07) is 2.78. The third kappa shape index (κ3) is 2.55. The van der Waals surface area contributed by atoms with Crippen LogP contribution in [0, 0.1) is 0 Å². The van der Waals surface area contributed by atoms with E-state index < -0.39 is 12.2 Å². The van der Waals surface area contributed by atoms with Crippen LogP contribution in [0.5, 0.6) is 11.5 Å². The molecular formula is C11H15NO5. The van der Waals surface area contributed by atoms with Gasteiger partial charge in [0.05, 0.1) is 13.2 Å². The van der Waals surface area contributed by atoms with E-state index in [1.165, 1.54) is 19.2 Å². The minimum atomic E-state index is -1.45. The number of rotatable bonds is 5. The van der Waals surface area contributed by atoms with E-state index in [1.807, 2.05) is 0 Å². The third-order valence-electron chi connectivity index (χ3n) is 2.46. The number of aromatic hydroxyl groups is 1. The van der Waals surface area contributed by atoms with E-state index in [2.05, 4.69) is 0 Å². The van der Waals surface area contributed by atoms with Gasteiger partial charge in [0.25, 0.3) is 0 Å². The normalized spacial score (nSPS) is 14.1. The number of aldehydes is 1. The van der Waals surface area contributed by atoms with Crippen molar-refractivity contribution >= 4 is 6.29 Å². The number of aliphatic hydroxyl groups excluding tert-OH is 2. The average molecular weight is 241 g/mol. The first kappa shape index (κ1) is 13.4. The van der Waals surface area contributed by atoms with Crippen molar-refractivity contribution in [1.82, 2.24) is 0 Å². The Kier molecular flexibility index (Phi) is 4.45. The summed E-state index contributed by atoms with van der Waals surface area (Å²) in [5.41, 5.74) is 5.20. The van der Waals surface area contributed by atoms with Crippen LogP contribution in [0.2, 0.25) is 0 Å². The molecule has 0 saturated carbocycles. The number of aliphatic hydroxyl groups is 2. The molecule has 1 aromatic rings. The molecule has 0 aliphatic carbocycles. The second-order valence-electron chi connectivity index (χ2n) is 3.49. The van der Waals surface area contributed by atoms with Crippen LogP contribution in [-0.2, 0) is 0 Å². The molecule has 0 saturated heterocycles. The van der Waals surface area contributed by atoms with E-state index in [0.717, 1.165) is 0 Å². The lowest BCUT2D eigenvalue weighted by Gasteiger charge is -2.20. The van der Waals surface area contributed by atoms with Gasteiger partial charge in [-0.2, -0.15) is 0 Å². The predicted molar refractivity (Wildman–Crippen MR) is 60.1 cm³/mol. The Morgan fingerprint density at radius 2 is 2.12 bits per heavy atom. The van der Waals surface area contributed by atoms with Crippen LogP contribution < -0.4 is 10.5 Å². The Morgan fingerprint density at radius 1 is 1.47 bits per heavy atom. The first-order chi connectivity index (χ1) is 8.06. The molecule has 1 aromatic carbocycles. The number of carbonyl (C=O) groups is 1. The summed E-state index contributed by atoms with van der Waals surface area (Å²) in [6.07, 6.45) is -2.25. The molecule has 0 aromatic heterocycles. The molecule has 0 amide bonds. The number of phenolic OH excluding ortho intramolecular Hbond substituents is 1. The molecule has 0 heterocycles. The lowest BCUT2D eigenvalue weighted by atomic mass is 9.97. The SMILES string of the molecule is COc1ccc(C=O)c(C(O)C(O)CN)c1O. The molecular weight excluding hydrogens is 226 g/mol. The quantitative estimate of drug-likeness (QED) is 0.520. The highest BCUT2D eigenvalue weighted by Crippen LogP contribution is 2.36. The van der Waals surface area contributed by atoms with Crippen LogP contribution >= 0.6 is 0 Å². The number of hydrogen-bond donors (Lipinski definition) is 4. The van der Waals surface area contributed by atoms with Crippen LogP contribution in [0.25, 0.3) is 0 Å². The van der Waals surface area contributed by atoms with E-state index in [1.54, 1.807) is 0 Å². The lowest BCUT2D eigenvalue weighted by molar-refractivity contribution is 0.0224. The second kappa shape index (κ2) is 5.62. The van der Waals surface area contributed by atoms with Gasteiger partial charge in [-0.3, -0.25) is 4.79 Å². The molecule has 0 radical (unpaired) electrons. The maximum Gasteiger partial charge on any atom is 0.164 e. The van der Waals surface area contributed by atoms with Crippen molar-refractivity contribution in [1.29, 1.82) is 0 Å². The van der Waals surface area contributed by atoms with Crippen molar-refractivity contribution in [2.24, 2.45) is 5.73 Å². The van der Waals surface area contributed by atoms with Crippen LogP contribution in [0.4, 0.5) is 0 Å². The highest BCUT2D eigenvalue weighted by atomic mass is 16.5. The highest BCUT2D eigenvalue weighted by molar-refractivity contribution is 5.80. The maximum atomic E-state index is 10.8. The van der Waals surface area contributed by atoms with Crippen molar-refractivity contribution in [3.05, 3.63) is 23.3 Å². The molecule has 0 spiro atoms. The average Bonchev–Trinajstić information content (AvgIpc) is 2.36.